The number of rotatable bonds is 9. The maximum Gasteiger partial charge on any atom is 0.170 e. The third kappa shape index (κ3) is 6.35. The number of methoxy groups -OCH3 is 1. The number of piperazine rings is 1. The Morgan fingerprint density at radius 1 is 0.914 bits per heavy atom. The molecule has 2 fully saturated rings. The summed E-state index contributed by atoms with van der Waals surface area (Å²) in [5.74, 6) is 2.25. The van der Waals surface area contributed by atoms with Crippen molar-refractivity contribution < 1.29 is 18.9 Å². The highest BCUT2D eigenvalue weighted by molar-refractivity contribution is 5.45. The van der Waals surface area contributed by atoms with E-state index in [9.17, 15) is 0 Å². The van der Waals surface area contributed by atoms with Crippen molar-refractivity contribution in [3.8, 4) is 11.5 Å². The Bertz CT molecular complexity index is 940. The van der Waals surface area contributed by atoms with Crippen molar-refractivity contribution in [1.82, 2.24) is 14.7 Å². The third-order valence-corrected chi connectivity index (χ3v) is 7.39. The first-order chi connectivity index (χ1) is 17.2. The summed E-state index contributed by atoms with van der Waals surface area (Å²) in [5, 5.41) is 0. The lowest BCUT2D eigenvalue weighted by atomic mass is 9.84. The molecule has 7 heteroatoms. The van der Waals surface area contributed by atoms with Crippen LogP contribution >= 0.6 is 0 Å². The standard InChI is InChI=1S/C28H39N3O4/c1-29-19-23-18-25(8-9-26(23)27(20-29)22-4-6-24(32-2)7-5-22)33-15-3-10-30-11-13-31(14-12-30)21-28-34-16-17-35-28/h4-9,18,27-28H,3,10-17,19-21H2,1-2H3. The van der Waals surface area contributed by atoms with Crippen molar-refractivity contribution in [3.05, 3.63) is 59.2 Å². The van der Waals surface area contributed by atoms with Crippen LogP contribution in [0.5, 0.6) is 11.5 Å². The molecule has 0 N–H and O–H groups in total. The number of likely N-dealkylation sites (N-methyl/N-ethyl adjacent to an activating group) is 1. The Kier molecular flexibility index (Phi) is 8.21. The molecular formula is C28H39N3O4. The van der Waals surface area contributed by atoms with Gasteiger partial charge in [-0.05, 0) is 54.4 Å². The molecule has 0 aliphatic carbocycles. The lowest BCUT2D eigenvalue weighted by Gasteiger charge is -2.35. The van der Waals surface area contributed by atoms with E-state index in [4.69, 9.17) is 18.9 Å². The number of hydrogen-bond acceptors (Lipinski definition) is 7. The van der Waals surface area contributed by atoms with Crippen molar-refractivity contribution in [2.75, 3.05) is 79.8 Å². The fourth-order valence-corrected chi connectivity index (χ4v) is 5.43. The van der Waals surface area contributed by atoms with Gasteiger partial charge in [0.1, 0.15) is 11.5 Å². The molecule has 7 nitrogen and oxygen atoms in total. The largest absolute Gasteiger partial charge is 0.497 e. The molecular weight excluding hydrogens is 442 g/mol. The zero-order valence-electron chi connectivity index (χ0n) is 21.2. The fraction of sp³-hybridized carbons (Fsp3) is 0.571. The predicted molar refractivity (Wildman–Crippen MR) is 136 cm³/mol. The van der Waals surface area contributed by atoms with E-state index in [1.807, 2.05) is 0 Å². The van der Waals surface area contributed by atoms with Gasteiger partial charge in [0.05, 0.1) is 26.9 Å². The van der Waals surface area contributed by atoms with Crippen LogP contribution in [0.4, 0.5) is 0 Å². The number of benzene rings is 2. The summed E-state index contributed by atoms with van der Waals surface area (Å²) in [6.07, 6.45) is 1.01. The summed E-state index contributed by atoms with van der Waals surface area (Å²) in [4.78, 5) is 7.38. The highest BCUT2D eigenvalue weighted by Crippen LogP contribution is 2.35. The van der Waals surface area contributed by atoms with Crippen LogP contribution in [0.2, 0.25) is 0 Å². The smallest absolute Gasteiger partial charge is 0.170 e. The molecule has 1 unspecified atom stereocenters. The number of nitrogens with zero attached hydrogens (tertiary/aromatic N) is 3. The average Bonchev–Trinajstić information content (AvgIpc) is 3.40. The molecule has 5 rings (SSSR count). The zero-order valence-corrected chi connectivity index (χ0v) is 21.2. The minimum Gasteiger partial charge on any atom is -0.497 e. The molecule has 0 aromatic heterocycles. The van der Waals surface area contributed by atoms with Gasteiger partial charge in [0, 0.05) is 58.3 Å². The highest BCUT2D eigenvalue weighted by Gasteiger charge is 2.26. The first-order valence-corrected chi connectivity index (χ1v) is 12.9. The van der Waals surface area contributed by atoms with E-state index in [-0.39, 0.29) is 6.29 Å². The summed E-state index contributed by atoms with van der Waals surface area (Å²) in [6.45, 7) is 10.5. The molecule has 0 spiro atoms. The predicted octanol–water partition coefficient (Wildman–Crippen LogP) is 3.03. The molecule has 0 saturated carbocycles. The Morgan fingerprint density at radius 2 is 1.63 bits per heavy atom. The van der Waals surface area contributed by atoms with Crippen LogP contribution in [0, 0.1) is 0 Å². The molecule has 2 aromatic carbocycles. The molecule has 0 amide bonds. The minimum absolute atomic E-state index is 0.0298. The van der Waals surface area contributed by atoms with Crippen LogP contribution in [-0.2, 0) is 16.0 Å². The zero-order chi connectivity index (χ0) is 24.0. The molecule has 3 aliphatic heterocycles. The first-order valence-electron chi connectivity index (χ1n) is 12.9. The van der Waals surface area contributed by atoms with Gasteiger partial charge in [0.25, 0.3) is 0 Å². The number of fused-ring (bicyclic) bond motifs is 1. The van der Waals surface area contributed by atoms with Gasteiger partial charge in [-0.2, -0.15) is 0 Å². The number of hydrogen-bond donors (Lipinski definition) is 0. The monoisotopic (exact) mass is 481 g/mol. The Hall–Kier alpha value is -2.16. The number of ether oxygens (including phenoxy) is 4. The van der Waals surface area contributed by atoms with E-state index in [0.29, 0.717) is 5.92 Å². The van der Waals surface area contributed by atoms with Crippen LogP contribution in [0.3, 0.4) is 0 Å². The van der Waals surface area contributed by atoms with Crippen molar-refractivity contribution in [2.24, 2.45) is 0 Å². The van der Waals surface area contributed by atoms with Crippen molar-refractivity contribution in [2.45, 2.75) is 25.2 Å². The van der Waals surface area contributed by atoms with Crippen LogP contribution in [-0.4, -0.2) is 101 Å². The second-order valence-electron chi connectivity index (χ2n) is 9.90. The minimum atomic E-state index is -0.0298. The van der Waals surface area contributed by atoms with Crippen LogP contribution in [0.25, 0.3) is 0 Å². The Labute approximate surface area is 209 Å². The summed E-state index contributed by atoms with van der Waals surface area (Å²) < 4.78 is 22.7. The fourth-order valence-electron chi connectivity index (χ4n) is 5.43. The molecule has 0 radical (unpaired) electrons. The summed E-state index contributed by atoms with van der Waals surface area (Å²) in [5.41, 5.74) is 4.10. The van der Waals surface area contributed by atoms with E-state index in [1.165, 1.54) is 16.7 Å². The van der Waals surface area contributed by atoms with E-state index in [0.717, 1.165) is 90.1 Å². The van der Waals surface area contributed by atoms with Gasteiger partial charge >= 0.3 is 0 Å². The van der Waals surface area contributed by atoms with Gasteiger partial charge in [0.2, 0.25) is 0 Å². The van der Waals surface area contributed by atoms with Crippen molar-refractivity contribution in [3.63, 3.8) is 0 Å². The lowest BCUT2D eigenvalue weighted by Crippen LogP contribution is -2.48. The summed E-state index contributed by atoms with van der Waals surface area (Å²) >= 11 is 0. The van der Waals surface area contributed by atoms with Gasteiger partial charge in [-0.25, -0.2) is 0 Å². The first kappa shape index (κ1) is 24.5. The lowest BCUT2D eigenvalue weighted by molar-refractivity contribution is -0.0676. The van der Waals surface area contributed by atoms with Gasteiger partial charge in [-0.1, -0.05) is 18.2 Å². The van der Waals surface area contributed by atoms with Crippen LogP contribution < -0.4 is 9.47 Å². The molecule has 190 valence electrons. The SMILES string of the molecule is COc1ccc(C2CN(C)Cc3cc(OCCCN4CCN(CC5OCCO5)CC4)ccc32)cc1. The maximum absolute atomic E-state index is 6.17. The van der Waals surface area contributed by atoms with Gasteiger partial charge in [0.15, 0.2) is 6.29 Å². The topological polar surface area (TPSA) is 46.6 Å². The molecule has 2 saturated heterocycles. The Morgan fingerprint density at radius 3 is 2.37 bits per heavy atom. The summed E-state index contributed by atoms with van der Waals surface area (Å²) in [7, 11) is 3.91. The van der Waals surface area contributed by atoms with Crippen molar-refractivity contribution in [1.29, 1.82) is 0 Å². The molecule has 3 heterocycles. The van der Waals surface area contributed by atoms with E-state index >= 15 is 0 Å². The summed E-state index contributed by atoms with van der Waals surface area (Å²) in [6, 6.07) is 15.1. The van der Waals surface area contributed by atoms with Crippen LogP contribution in [0.15, 0.2) is 42.5 Å². The Balaban J connectivity index is 1.09. The molecule has 35 heavy (non-hydrogen) atoms. The van der Waals surface area contributed by atoms with E-state index in [1.54, 1.807) is 7.11 Å². The maximum atomic E-state index is 6.17. The van der Waals surface area contributed by atoms with E-state index in [2.05, 4.69) is 64.2 Å². The van der Waals surface area contributed by atoms with Crippen LogP contribution in [0.1, 0.15) is 29.0 Å². The third-order valence-electron chi connectivity index (χ3n) is 7.39. The quantitative estimate of drug-likeness (QED) is 0.510. The molecule has 3 aliphatic rings. The van der Waals surface area contributed by atoms with Crippen molar-refractivity contribution >= 4 is 0 Å². The van der Waals surface area contributed by atoms with E-state index < -0.39 is 0 Å². The highest BCUT2D eigenvalue weighted by atomic mass is 16.7. The molecule has 1 atom stereocenters. The average molecular weight is 482 g/mol. The van der Waals surface area contributed by atoms with Gasteiger partial charge in [-0.3, -0.25) is 4.90 Å². The second-order valence-corrected chi connectivity index (χ2v) is 9.90. The van der Waals surface area contributed by atoms with Gasteiger partial charge < -0.3 is 28.7 Å². The van der Waals surface area contributed by atoms with Gasteiger partial charge in [-0.15, -0.1) is 0 Å². The molecule has 0 bridgehead atoms. The molecule has 2 aromatic rings. The normalized spacial score (nSPS) is 22.3. The second kappa shape index (κ2) is 11.7.